The molecule has 2 N–H and O–H groups in total. The minimum atomic E-state index is -0.253. The van der Waals surface area contributed by atoms with Crippen LogP contribution in [-0.2, 0) is 23.1 Å². The smallest absolute Gasteiger partial charge is 0.262 e. The summed E-state index contributed by atoms with van der Waals surface area (Å²) in [5, 5.41) is 7.75. The summed E-state index contributed by atoms with van der Waals surface area (Å²) in [7, 11) is 0. The molecular weight excluding hydrogens is 438 g/mol. The highest BCUT2D eigenvalue weighted by molar-refractivity contribution is 5.77. The molecule has 7 heteroatoms. The minimum Gasteiger partial charge on any atom is -0.356 e. The number of carbonyl (C=O) groups excluding carboxylic acids is 1. The zero-order chi connectivity index (χ0) is 25.2. The molecule has 4 aromatic rings. The second kappa shape index (κ2) is 9.86. The molecule has 0 spiro atoms. The monoisotopic (exact) mass is 471 g/mol. The van der Waals surface area contributed by atoms with Crippen LogP contribution in [0.15, 0.2) is 53.5 Å². The average molecular weight is 472 g/mol. The van der Waals surface area contributed by atoms with E-state index >= 15 is 0 Å². The predicted octanol–water partition coefficient (Wildman–Crippen LogP) is 4.31. The van der Waals surface area contributed by atoms with Crippen LogP contribution < -0.4 is 10.9 Å². The van der Waals surface area contributed by atoms with Crippen molar-refractivity contribution in [2.45, 2.75) is 59.3 Å². The Kier molecular flexibility index (Phi) is 6.87. The second-order valence-corrected chi connectivity index (χ2v) is 10.1. The lowest BCUT2D eigenvalue weighted by atomic mass is 9.83. The third-order valence-electron chi connectivity index (χ3n) is 6.34. The van der Waals surface area contributed by atoms with E-state index in [1.54, 1.807) is 4.68 Å². The van der Waals surface area contributed by atoms with Crippen LogP contribution in [0, 0.1) is 13.8 Å². The molecule has 0 atom stereocenters. The molecule has 0 aliphatic rings. The Hall–Kier alpha value is -3.74. The van der Waals surface area contributed by atoms with Crippen LogP contribution in [0.1, 0.15) is 55.3 Å². The van der Waals surface area contributed by atoms with Crippen molar-refractivity contribution >= 4 is 16.9 Å². The van der Waals surface area contributed by atoms with Crippen LogP contribution in [0.2, 0.25) is 0 Å². The van der Waals surface area contributed by atoms with Gasteiger partial charge in [0.15, 0.2) is 5.65 Å². The SMILES string of the molecule is Cc1cc(C(C)(C)C)cc(C)c1CCNC(=O)CCc1nc2c(cnn2-c2ccccc2)c(=O)[nH]1. The van der Waals surface area contributed by atoms with Gasteiger partial charge in [0.25, 0.3) is 5.56 Å². The molecule has 2 heterocycles. The first-order valence-electron chi connectivity index (χ1n) is 12.0. The molecule has 0 bridgehead atoms. The van der Waals surface area contributed by atoms with E-state index in [4.69, 9.17) is 0 Å². The molecule has 2 aromatic carbocycles. The number of fused-ring (bicyclic) bond motifs is 1. The number of hydrogen-bond acceptors (Lipinski definition) is 4. The lowest BCUT2D eigenvalue weighted by Gasteiger charge is -2.22. The van der Waals surface area contributed by atoms with E-state index in [9.17, 15) is 9.59 Å². The Morgan fingerprint density at radius 3 is 2.40 bits per heavy atom. The van der Waals surface area contributed by atoms with E-state index in [1.807, 2.05) is 30.3 Å². The van der Waals surface area contributed by atoms with Crippen molar-refractivity contribution in [3.05, 3.63) is 87.1 Å². The minimum absolute atomic E-state index is 0.0640. The number of nitrogens with one attached hydrogen (secondary N) is 2. The van der Waals surface area contributed by atoms with Gasteiger partial charge in [-0.25, -0.2) is 9.67 Å². The highest BCUT2D eigenvalue weighted by atomic mass is 16.1. The summed E-state index contributed by atoms with van der Waals surface area (Å²) in [4.78, 5) is 32.4. The van der Waals surface area contributed by atoms with Crippen LogP contribution in [0.25, 0.3) is 16.7 Å². The first-order valence-corrected chi connectivity index (χ1v) is 12.0. The molecule has 0 saturated carbocycles. The van der Waals surface area contributed by atoms with Crippen molar-refractivity contribution < 1.29 is 4.79 Å². The van der Waals surface area contributed by atoms with Gasteiger partial charge in [0.1, 0.15) is 11.2 Å². The number of rotatable bonds is 7. The highest BCUT2D eigenvalue weighted by Gasteiger charge is 2.16. The van der Waals surface area contributed by atoms with Crippen LogP contribution in [0.5, 0.6) is 0 Å². The maximum atomic E-state index is 12.5. The van der Waals surface area contributed by atoms with Gasteiger partial charge in [-0.1, -0.05) is 51.1 Å². The summed E-state index contributed by atoms with van der Waals surface area (Å²) in [5.74, 6) is 0.408. The van der Waals surface area contributed by atoms with Crippen LogP contribution in [-0.4, -0.2) is 32.2 Å². The van der Waals surface area contributed by atoms with E-state index in [-0.39, 0.29) is 23.3 Å². The fourth-order valence-electron chi connectivity index (χ4n) is 4.31. The number of nitrogens with zero attached hydrogens (tertiary/aromatic N) is 3. The van der Waals surface area contributed by atoms with Gasteiger partial charge in [0, 0.05) is 19.4 Å². The van der Waals surface area contributed by atoms with Gasteiger partial charge in [0.05, 0.1) is 11.9 Å². The third kappa shape index (κ3) is 5.50. The molecule has 2 aromatic heterocycles. The number of para-hydroxylation sites is 1. The molecule has 182 valence electrons. The number of aromatic nitrogens is 4. The Morgan fingerprint density at radius 2 is 1.74 bits per heavy atom. The highest BCUT2D eigenvalue weighted by Crippen LogP contribution is 2.27. The van der Waals surface area contributed by atoms with Gasteiger partial charge in [0.2, 0.25) is 5.91 Å². The standard InChI is InChI=1S/C28H33N5O2/c1-18-15-20(28(3,4)5)16-19(2)22(18)13-14-29-25(34)12-11-24-31-26-23(27(35)32-24)17-30-33(26)21-9-7-6-8-10-21/h6-10,15-17H,11-14H2,1-5H3,(H,29,34)(H,31,32,35). The molecule has 0 radical (unpaired) electrons. The number of hydrogen-bond donors (Lipinski definition) is 2. The summed E-state index contributed by atoms with van der Waals surface area (Å²) < 4.78 is 1.64. The molecule has 35 heavy (non-hydrogen) atoms. The molecule has 7 nitrogen and oxygen atoms in total. The van der Waals surface area contributed by atoms with Gasteiger partial charge < -0.3 is 10.3 Å². The molecule has 0 aliphatic heterocycles. The normalized spacial score (nSPS) is 11.7. The summed E-state index contributed by atoms with van der Waals surface area (Å²) in [6.45, 7) is 11.5. The average Bonchev–Trinajstić information content (AvgIpc) is 3.24. The van der Waals surface area contributed by atoms with Crippen molar-refractivity contribution in [2.24, 2.45) is 0 Å². The van der Waals surface area contributed by atoms with Crippen molar-refractivity contribution in [2.75, 3.05) is 6.54 Å². The molecule has 0 unspecified atom stereocenters. The maximum Gasteiger partial charge on any atom is 0.262 e. The fraction of sp³-hybridized carbons (Fsp3) is 0.357. The van der Waals surface area contributed by atoms with Gasteiger partial charge in [-0.05, 0) is 60.1 Å². The van der Waals surface area contributed by atoms with Gasteiger partial charge in [-0.2, -0.15) is 5.10 Å². The predicted molar refractivity (Wildman–Crippen MR) is 139 cm³/mol. The van der Waals surface area contributed by atoms with Crippen molar-refractivity contribution in [3.8, 4) is 5.69 Å². The summed E-state index contributed by atoms with van der Waals surface area (Å²) in [5.41, 5.74) is 6.29. The number of benzene rings is 2. The summed E-state index contributed by atoms with van der Waals surface area (Å²) >= 11 is 0. The zero-order valence-corrected chi connectivity index (χ0v) is 21.1. The van der Waals surface area contributed by atoms with E-state index in [0.29, 0.717) is 29.8 Å². The topological polar surface area (TPSA) is 92.7 Å². The van der Waals surface area contributed by atoms with Gasteiger partial charge in [-0.15, -0.1) is 0 Å². The molecule has 0 aliphatic carbocycles. The number of amides is 1. The second-order valence-electron chi connectivity index (χ2n) is 10.1. The molecule has 0 saturated heterocycles. The number of H-pyrrole nitrogens is 1. The Labute approximate surface area is 205 Å². The lowest BCUT2D eigenvalue weighted by Crippen LogP contribution is -2.27. The molecular formula is C28H33N5O2. The van der Waals surface area contributed by atoms with Crippen LogP contribution in [0.4, 0.5) is 0 Å². The van der Waals surface area contributed by atoms with E-state index in [2.05, 4.69) is 67.1 Å². The zero-order valence-electron chi connectivity index (χ0n) is 21.1. The fourth-order valence-corrected chi connectivity index (χ4v) is 4.31. The number of aryl methyl sites for hydroxylation is 3. The maximum absolute atomic E-state index is 12.5. The van der Waals surface area contributed by atoms with Crippen molar-refractivity contribution in [1.82, 2.24) is 25.1 Å². The van der Waals surface area contributed by atoms with E-state index < -0.39 is 0 Å². The number of carbonyl (C=O) groups is 1. The van der Waals surface area contributed by atoms with Gasteiger partial charge in [-0.3, -0.25) is 9.59 Å². The van der Waals surface area contributed by atoms with E-state index in [1.165, 1.54) is 28.5 Å². The van der Waals surface area contributed by atoms with Crippen molar-refractivity contribution in [1.29, 1.82) is 0 Å². The van der Waals surface area contributed by atoms with E-state index in [0.717, 1.165) is 12.1 Å². The first-order chi connectivity index (χ1) is 16.6. The molecule has 4 rings (SSSR count). The van der Waals surface area contributed by atoms with Gasteiger partial charge >= 0.3 is 0 Å². The third-order valence-corrected chi connectivity index (χ3v) is 6.34. The largest absolute Gasteiger partial charge is 0.356 e. The first kappa shape index (κ1) is 24.4. The Balaban J connectivity index is 1.38. The van der Waals surface area contributed by atoms with Crippen LogP contribution in [0.3, 0.4) is 0 Å². The van der Waals surface area contributed by atoms with Crippen molar-refractivity contribution in [3.63, 3.8) is 0 Å². The Bertz CT molecular complexity index is 1390. The molecule has 0 fully saturated rings. The summed E-state index contributed by atoms with van der Waals surface area (Å²) in [6.07, 6.45) is 2.89. The molecule has 1 amide bonds. The van der Waals surface area contributed by atoms with Crippen LogP contribution >= 0.6 is 0 Å². The lowest BCUT2D eigenvalue weighted by molar-refractivity contribution is -0.121. The number of aromatic amines is 1. The summed E-state index contributed by atoms with van der Waals surface area (Å²) in [6, 6.07) is 14.0. The Morgan fingerprint density at radius 1 is 1.06 bits per heavy atom. The quantitative estimate of drug-likeness (QED) is 0.420.